The molecule has 1 aliphatic rings. The Labute approximate surface area is 188 Å². The van der Waals surface area contributed by atoms with Gasteiger partial charge in [-0.05, 0) is 42.2 Å². The van der Waals surface area contributed by atoms with E-state index in [1.807, 2.05) is 6.26 Å². The van der Waals surface area contributed by atoms with Gasteiger partial charge >= 0.3 is 0 Å². The Bertz CT molecular complexity index is 1370. The van der Waals surface area contributed by atoms with Crippen LogP contribution in [0.1, 0.15) is 27.7 Å². The van der Waals surface area contributed by atoms with Crippen LogP contribution in [-0.2, 0) is 0 Å². The van der Waals surface area contributed by atoms with Crippen LogP contribution >= 0.6 is 46.3 Å². The molecule has 0 fully saturated rings. The van der Waals surface area contributed by atoms with Gasteiger partial charge in [-0.25, -0.2) is 0 Å². The van der Waals surface area contributed by atoms with Crippen molar-refractivity contribution in [1.29, 1.82) is 0 Å². The normalized spacial score (nSPS) is 15.8. The largest absolute Gasteiger partial charge is 0.450 e. The molecule has 10 heteroatoms. The first kappa shape index (κ1) is 19.6. The second-order valence-corrected chi connectivity index (χ2v) is 9.38. The van der Waals surface area contributed by atoms with Crippen molar-refractivity contribution in [3.63, 3.8) is 0 Å². The number of nitrogens with zero attached hydrogens (tertiary/aromatic N) is 3. The topological polar surface area (TPSA) is 76.3 Å². The van der Waals surface area contributed by atoms with Crippen molar-refractivity contribution in [1.82, 2.24) is 10.2 Å². The van der Waals surface area contributed by atoms with Crippen molar-refractivity contribution < 1.29 is 9.21 Å². The van der Waals surface area contributed by atoms with E-state index in [2.05, 4.69) is 10.2 Å². The molecule has 30 heavy (non-hydrogen) atoms. The Kier molecular flexibility index (Phi) is 4.82. The molecule has 0 spiro atoms. The molecule has 150 valence electrons. The maximum absolute atomic E-state index is 13.4. The van der Waals surface area contributed by atoms with Crippen molar-refractivity contribution >= 4 is 68.3 Å². The molecule has 5 rings (SSSR count). The fraction of sp³-hybridized carbons (Fsp3) is 0.100. The van der Waals surface area contributed by atoms with Crippen molar-refractivity contribution in [2.24, 2.45) is 0 Å². The van der Waals surface area contributed by atoms with E-state index in [0.29, 0.717) is 36.0 Å². The molecular weight excluding hydrogens is 465 g/mol. The standard InChI is InChI=1S/C20H11Cl2N3O3S2/c1-29-20-24-23-19(30-20)25-15(9-2-4-10(21)5-3-9)14-16(26)12-8-11(22)6-7-13(12)28-17(14)18(25)27/h2-8,15H,1H3/t15-/m0/s1. The van der Waals surface area contributed by atoms with Gasteiger partial charge in [-0.3, -0.25) is 14.5 Å². The quantitative estimate of drug-likeness (QED) is 0.290. The summed E-state index contributed by atoms with van der Waals surface area (Å²) < 4.78 is 6.60. The average Bonchev–Trinajstić information content (AvgIpc) is 3.32. The van der Waals surface area contributed by atoms with Crippen molar-refractivity contribution in [2.45, 2.75) is 10.4 Å². The third-order valence-electron chi connectivity index (χ3n) is 4.79. The zero-order valence-corrected chi connectivity index (χ0v) is 18.4. The summed E-state index contributed by atoms with van der Waals surface area (Å²) in [4.78, 5) is 28.3. The molecular formula is C20H11Cl2N3O3S2. The molecule has 6 nitrogen and oxygen atoms in total. The van der Waals surface area contributed by atoms with Gasteiger partial charge in [-0.1, -0.05) is 58.4 Å². The first-order chi connectivity index (χ1) is 14.5. The molecule has 3 heterocycles. The highest BCUT2D eigenvalue weighted by Gasteiger charge is 2.45. The van der Waals surface area contributed by atoms with Crippen LogP contribution in [0.15, 0.2) is 56.0 Å². The molecule has 2 aromatic heterocycles. The summed E-state index contributed by atoms with van der Waals surface area (Å²) in [5.41, 5.74) is 0.952. The highest BCUT2D eigenvalue weighted by Crippen LogP contribution is 2.43. The Morgan fingerprint density at radius 3 is 2.50 bits per heavy atom. The second kappa shape index (κ2) is 7.39. The van der Waals surface area contributed by atoms with E-state index in [-0.39, 0.29) is 16.8 Å². The highest BCUT2D eigenvalue weighted by molar-refractivity contribution is 8.00. The number of hydrogen-bond donors (Lipinski definition) is 0. The summed E-state index contributed by atoms with van der Waals surface area (Å²) in [6.07, 6.45) is 1.88. The maximum Gasteiger partial charge on any atom is 0.297 e. The molecule has 2 aromatic carbocycles. The number of carbonyl (C=O) groups excluding carboxylic acids is 1. The van der Waals surface area contributed by atoms with Crippen molar-refractivity contribution in [3.8, 4) is 0 Å². The molecule has 1 atom stereocenters. The van der Waals surface area contributed by atoms with E-state index in [4.69, 9.17) is 27.6 Å². The van der Waals surface area contributed by atoms with Crippen molar-refractivity contribution in [2.75, 3.05) is 11.2 Å². The van der Waals surface area contributed by atoms with E-state index in [1.165, 1.54) is 28.0 Å². The summed E-state index contributed by atoms with van der Waals surface area (Å²) in [6, 6.07) is 11.0. The van der Waals surface area contributed by atoms with Gasteiger partial charge in [-0.2, -0.15) is 0 Å². The van der Waals surface area contributed by atoms with Crippen LogP contribution in [0.2, 0.25) is 10.0 Å². The first-order valence-corrected chi connectivity index (χ1v) is 11.5. The third kappa shape index (κ3) is 3.02. The van der Waals surface area contributed by atoms with Crippen LogP contribution in [0, 0.1) is 0 Å². The molecule has 1 aliphatic heterocycles. The minimum Gasteiger partial charge on any atom is -0.450 e. The predicted molar refractivity (Wildman–Crippen MR) is 119 cm³/mol. The molecule has 0 N–H and O–H groups in total. The summed E-state index contributed by atoms with van der Waals surface area (Å²) in [5, 5.41) is 9.93. The lowest BCUT2D eigenvalue weighted by Gasteiger charge is -2.22. The Morgan fingerprint density at radius 2 is 1.80 bits per heavy atom. The summed E-state index contributed by atoms with van der Waals surface area (Å²) in [5.74, 6) is -0.446. The number of benzene rings is 2. The van der Waals surface area contributed by atoms with Crippen LogP contribution < -0.4 is 10.3 Å². The van der Waals surface area contributed by atoms with Gasteiger partial charge in [0, 0.05) is 10.0 Å². The van der Waals surface area contributed by atoms with Crippen LogP contribution in [0.25, 0.3) is 11.0 Å². The van der Waals surface area contributed by atoms with Gasteiger partial charge in [0.05, 0.1) is 17.0 Å². The van der Waals surface area contributed by atoms with Crippen LogP contribution in [0.4, 0.5) is 5.13 Å². The monoisotopic (exact) mass is 475 g/mol. The van der Waals surface area contributed by atoms with Crippen LogP contribution in [-0.4, -0.2) is 22.4 Å². The number of amides is 1. The van der Waals surface area contributed by atoms with E-state index in [1.54, 1.807) is 42.5 Å². The smallest absolute Gasteiger partial charge is 0.297 e. The fourth-order valence-electron chi connectivity index (χ4n) is 3.49. The summed E-state index contributed by atoms with van der Waals surface area (Å²) in [7, 11) is 0. The molecule has 4 aromatic rings. The minimum absolute atomic E-state index is 0.00401. The van der Waals surface area contributed by atoms with E-state index < -0.39 is 11.9 Å². The minimum atomic E-state index is -0.716. The zero-order chi connectivity index (χ0) is 21.0. The molecule has 0 saturated carbocycles. The number of anilines is 1. The van der Waals surface area contributed by atoms with Crippen LogP contribution in [0.3, 0.4) is 0 Å². The number of carbonyl (C=O) groups is 1. The lowest BCUT2D eigenvalue weighted by Crippen LogP contribution is -2.29. The molecule has 1 amide bonds. The van der Waals surface area contributed by atoms with Gasteiger partial charge in [0.2, 0.25) is 10.9 Å². The van der Waals surface area contributed by atoms with E-state index >= 15 is 0 Å². The summed E-state index contributed by atoms with van der Waals surface area (Å²) in [6.45, 7) is 0. The zero-order valence-electron chi connectivity index (χ0n) is 15.3. The average molecular weight is 476 g/mol. The number of fused-ring (bicyclic) bond motifs is 2. The van der Waals surface area contributed by atoms with E-state index in [0.717, 1.165) is 0 Å². The number of thioether (sulfide) groups is 1. The van der Waals surface area contributed by atoms with Crippen molar-refractivity contribution in [3.05, 3.63) is 79.6 Å². The van der Waals surface area contributed by atoms with Gasteiger partial charge in [0.1, 0.15) is 5.58 Å². The number of halogens is 2. The van der Waals surface area contributed by atoms with Gasteiger partial charge < -0.3 is 4.42 Å². The Hall–Kier alpha value is -2.39. The molecule has 0 radical (unpaired) electrons. The fourth-order valence-corrected chi connectivity index (χ4v) is 5.07. The Balaban J connectivity index is 1.80. The van der Waals surface area contributed by atoms with Gasteiger partial charge in [-0.15, -0.1) is 10.2 Å². The van der Waals surface area contributed by atoms with Crippen LogP contribution in [0.5, 0.6) is 0 Å². The molecule has 0 saturated heterocycles. The second-order valence-electron chi connectivity index (χ2n) is 6.50. The highest BCUT2D eigenvalue weighted by atomic mass is 35.5. The van der Waals surface area contributed by atoms with Gasteiger partial charge in [0.25, 0.3) is 5.91 Å². The Morgan fingerprint density at radius 1 is 1.07 bits per heavy atom. The molecule has 0 aliphatic carbocycles. The first-order valence-electron chi connectivity index (χ1n) is 8.70. The molecule has 0 bridgehead atoms. The lowest BCUT2D eigenvalue weighted by molar-refractivity contribution is 0.0970. The van der Waals surface area contributed by atoms with E-state index in [9.17, 15) is 9.59 Å². The van der Waals surface area contributed by atoms with Gasteiger partial charge in [0.15, 0.2) is 9.77 Å². The maximum atomic E-state index is 13.4. The summed E-state index contributed by atoms with van der Waals surface area (Å²) >= 11 is 14.8. The lowest BCUT2D eigenvalue weighted by atomic mass is 9.99. The SMILES string of the molecule is CSc1nnc(N2C(=O)c3oc4ccc(Cl)cc4c(=O)c3[C@@H]2c2ccc(Cl)cc2)s1. The predicted octanol–water partition coefficient (Wildman–Crippen LogP) is 5.42. The number of hydrogen-bond acceptors (Lipinski definition) is 7. The molecule has 0 unspecified atom stereocenters. The third-order valence-corrected chi connectivity index (χ3v) is 7.18. The number of aromatic nitrogens is 2. The number of rotatable bonds is 3.